The zero-order valence-electron chi connectivity index (χ0n) is 9.37. The Bertz CT molecular complexity index is 534. The van der Waals surface area contributed by atoms with E-state index < -0.39 is 23.8 Å². The quantitative estimate of drug-likeness (QED) is 0.878. The smallest absolute Gasteiger partial charge is 0.283 e. The van der Waals surface area contributed by atoms with Crippen molar-refractivity contribution in [1.29, 1.82) is 0 Å². The second kappa shape index (κ2) is 3.63. The van der Waals surface area contributed by atoms with E-state index in [-0.39, 0.29) is 23.6 Å². The van der Waals surface area contributed by atoms with Crippen LogP contribution < -0.4 is 5.73 Å². The number of halogens is 3. The minimum absolute atomic E-state index is 0.0937. The lowest BCUT2D eigenvalue weighted by atomic mass is 9.85. The molecule has 3 nitrogen and oxygen atoms in total. The van der Waals surface area contributed by atoms with Gasteiger partial charge in [-0.3, -0.25) is 0 Å². The maximum atomic E-state index is 13.8. The maximum absolute atomic E-state index is 13.8. The van der Waals surface area contributed by atoms with Crippen molar-refractivity contribution in [3.63, 3.8) is 0 Å². The third kappa shape index (κ3) is 1.41. The summed E-state index contributed by atoms with van der Waals surface area (Å²) in [5.41, 5.74) is 3.93. The zero-order valence-corrected chi connectivity index (χ0v) is 9.37. The van der Waals surface area contributed by atoms with Crippen LogP contribution in [0, 0.1) is 17.6 Å². The average Bonchev–Trinajstić information content (AvgIpc) is 3.11. The van der Waals surface area contributed by atoms with Crippen LogP contribution in [0.25, 0.3) is 0 Å². The summed E-state index contributed by atoms with van der Waals surface area (Å²) in [7, 11) is 0. The van der Waals surface area contributed by atoms with E-state index in [4.69, 9.17) is 10.5 Å². The number of rotatable bonds is 2. The van der Waals surface area contributed by atoms with Crippen LogP contribution in [0.15, 0.2) is 23.2 Å². The molecular weight excluding hydrogens is 245 g/mol. The summed E-state index contributed by atoms with van der Waals surface area (Å²) in [5, 5.41) is 0. The zero-order chi connectivity index (χ0) is 12.9. The number of nitrogens with two attached hydrogens (primary N) is 1. The molecule has 6 heteroatoms. The molecule has 1 aliphatic carbocycles. The minimum Gasteiger partial charge on any atom is -0.462 e. The molecule has 0 spiro atoms. The molecule has 0 saturated heterocycles. The number of fused-ring (bicyclic) bond motifs is 1. The second-order valence-corrected chi connectivity index (χ2v) is 4.61. The van der Waals surface area contributed by atoms with Crippen molar-refractivity contribution < 1.29 is 17.9 Å². The molecule has 0 radical (unpaired) electrons. The standard InChI is InChI=1S/C12H11F3N2O/c13-5-12(6-2-1-3-8(14)10(6)15)7-4-9(7)18-11(16)17-12/h1-3,7,9H,4-5H2,(H2,16,17). The average molecular weight is 256 g/mol. The van der Waals surface area contributed by atoms with Gasteiger partial charge in [-0.15, -0.1) is 0 Å². The summed E-state index contributed by atoms with van der Waals surface area (Å²) in [6, 6.07) is 3.50. The van der Waals surface area contributed by atoms with Gasteiger partial charge in [0.2, 0.25) is 0 Å². The Kier molecular flexibility index (Phi) is 2.30. The Morgan fingerprint density at radius 3 is 2.94 bits per heavy atom. The van der Waals surface area contributed by atoms with E-state index >= 15 is 0 Å². The molecule has 0 aromatic heterocycles. The predicted molar refractivity (Wildman–Crippen MR) is 58.6 cm³/mol. The van der Waals surface area contributed by atoms with Gasteiger partial charge < -0.3 is 10.5 Å². The van der Waals surface area contributed by atoms with Crippen LogP contribution in [0.3, 0.4) is 0 Å². The lowest BCUT2D eigenvalue weighted by molar-refractivity contribution is 0.167. The molecule has 2 aliphatic rings. The lowest BCUT2D eigenvalue weighted by Gasteiger charge is -2.31. The Balaban J connectivity index is 2.17. The number of ether oxygens (including phenoxy) is 1. The Morgan fingerprint density at radius 1 is 1.44 bits per heavy atom. The number of nitrogens with zero attached hydrogens (tertiary/aromatic N) is 1. The van der Waals surface area contributed by atoms with E-state index in [9.17, 15) is 13.2 Å². The molecule has 3 rings (SSSR count). The van der Waals surface area contributed by atoms with Gasteiger partial charge in [-0.05, 0) is 12.5 Å². The summed E-state index contributed by atoms with van der Waals surface area (Å²) in [6.45, 7) is -0.932. The summed E-state index contributed by atoms with van der Waals surface area (Å²) >= 11 is 0. The molecule has 1 fully saturated rings. The van der Waals surface area contributed by atoms with Gasteiger partial charge in [-0.25, -0.2) is 18.2 Å². The maximum Gasteiger partial charge on any atom is 0.283 e. The molecule has 1 heterocycles. The van der Waals surface area contributed by atoms with Crippen molar-refractivity contribution in [3.05, 3.63) is 35.4 Å². The summed E-state index contributed by atoms with van der Waals surface area (Å²) < 4.78 is 45.7. The highest BCUT2D eigenvalue weighted by atomic mass is 19.2. The van der Waals surface area contributed by atoms with Crippen molar-refractivity contribution in [2.45, 2.75) is 18.1 Å². The molecule has 1 aliphatic heterocycles. The van der Waals surface area contributed by atoms with E-state index in [0.717, 1.165) is 6.07 Å². The Morgan fingerprint density at radius 2 is 2.22 bits per heavy atom. The van der Waals surface area contributed by atoms with E-state index in [1.54, 1.807) is 0 Å². The van der Waals surface area contributed by atoms with Gasteiger partial charge in [0, 0.05) is 11.5 Å². The van der Waals surface area contributed by atoms with Crippen LogP contribution >= 0.6 is 0 Å². The highest BCUT2D eigenvalue weighted by Gasteiger charge is 2.60. The first kappa shape index (κ1) is 11.4. The van der Waals surface area contributed by atoms with Gasteiger partial charge in [0.05, 0.1) is 0 Å². The van der Waals surface area contributed by atoms with Crippen molar-refractivity contribution in [3.8, 4) is 0 Å². The van der Waals surface area contributed by atoms with Crippen molar-refractivity contribution in [2.75, 3.05) is 6.67 Å². The third-order valence-corrected chi connectivity index (χ3v) is 3.55. The lowest BCUT2D eigenvalue weighted by Crippen LogP contribution is -2.39. The first-order valence-corrected chi connectivity index (χ1v) is 5.61. The highest BCUT2D eigenvalue weighted by Crippen LogP contribution is 2.53. The van der Waals surface area contributed by atoms with Gasteiger partial charge in [0.15, 0.2) is 11.6 Å². The van der Waals surface area contributed by atoms with Crippen LogP contribution in [0.5, 0.6) is 0 Å². The number of aliphatic imine (C=N–C) groups is 1. The molecule has 1 aromatic rings. The van der Waals surface area contributed by atoms with Crippen LogP contribution in [0.4, 0.5) is 13.2 Å². The van der Waals surface area contributed by atoms with Crippen molar-refractivity contribution >= 4 is 6.02 Å². The molecule has 1 saturated carbocycles. The van der Waals surface area contributed by atoms with Gasteiger partial charge in [0.1, 0.15) is 18.3 Å². The molecule has 96 valence electrons. The topological polar surface area (TPSA) is 47.6 Å². The third-order valence-electron chi connectivity index (χ3n) is 3.55. The Hall–Kier alpha value is -1.72. The number of alkyl halides is 1. The Labute approximate surface area is 101 Å². The minimum atomic E-state index is -1.45. The fourth-order valence-corrected chi connectivity index (χ4v) is 2.56. The van der Waals surface area contributed by atoms with E-state index in [0.29, 0.717) is 6.42 Å². The largest absolute Gasteiger partial charge is 0.462 e. The molecule has 3 unspecified atom stereocenters. The molecule has 1 aromatic carbocycles. The molecule has 0 amide bonds. The van der Waals surface area contributed by atoms with Crippen LogP contribution in [-0.4, -0.2) is 18.8 Å². The fourth-order valence-electron chi connectivity index (χ4n) is 2.56. The van der Waals surface area contributed by atoms with Crippen LogP contribution in [0.1, 0.15) is 12.0 Å². The van der Waals surface area contributed by atoms with Crippen LogP contribution in [-0.2, 0) is 10.3 Å². The van der Waals surface area contributed by atoms with Crippen LogP contribution in [0.2, 0.25) is 0 Å². The summed E-state index contributed by atoms with van der Waals surface area (Å²) in [4.78, 5) is 3.92. The normalized spacial score (nSPS) is 33.4. The number of hydrogen-bond donors (Lipinski definition) is 1. The summed E-state index contributed by atoms with van der Waals surface area (Å²) in [5.74, 6) is -2.37. The molecule has 3 atom stereocenters. The van der Waals surface area contributed by atoms with Crippen molar-refractivity contribution in [1.82, 2.24) is 0 Å². The van der Waals surface area contributed by atoms with E-state index in [1.165, 1.54) is 12.1 Å². The summed E-state index contributed by atoms with van der Waals surface area (Å²) in [6.07, 6.45) is 0.297. The number of hydrogen-bond acceptors (Lipinski definition) is 3. The second-order valence-electron chi connectivity index (χ2n) is 4.61. The number of amidine groups is 1. The van der Waals surface area contributed by atoms with Crippen molar-refractivity contribution in [2.24, 2.45) is 16.6 Å². The highest BCUT2D eigenvalue weighted by molar-refractivity contribution is 5.74. The van der Waals surface area contributed by atoms with E-state index in [2.05, 4.69) is 4.99 Å². The number of benzene rings is 1. The molecule has 18 heavy (non-hydrogen) atoms. The van der Waals surface area contributed by atoms with Gasteiger partial charge in [0.25, 0.3) is 6.02 Å². The monoisotopic (exact) mass is 256 g/mol. The predicted octanol–water partition coefficient (Wildman–Crippen LogP) is 1.86. The molecular formula is C12H11F3N2O. The fraction of sp³-hybridized carbons (Fsp3) is 0.417. The first-order valence-electron chi connectivity index (χ1n) is 5.61. The van der Waals surface area contributed by atoms with Gasteiger partial charge >= 0.3 is 0 Å². The molecule has 0 bridgehead atoms. The van der Waals surface area contributed by atoms with Gasteiger partial charge in [-0.1, -0.05) is 12.1 Å². The molecule has 2 N–H and O–H groups in total. The van der Waals surface area contributed by atoms with E-state index in [1.807, 2.05) is 0 Å². The van der Waals surface area contributed by atoms with Gasteiger partial charge in [-0.2, -0.15) is 0 Å². The first-order chi connectivity index (χ1) is 8.58. The SMILES string of the molecule is NC1=NC(CF)(c2cccc(F)c2F)C2CC2O1.